The Hall–Kier alpha value is -0.706. The Morgan fingerprint density at radius 1 is 0.529 bits per heavy atom. The van der Waals surface area contributed by atoms with Crippen LogP contribution in [-0.2, 0) is 27.9 Å². The van der Waals surface area contributed by atoms with Crippen molar-refractivity contribution in [1.29, 1.82) is 0 Å². The lowest BCUT2D eigenvalue weighted by atomic mass is 9.99. The van der Waals surface area contributed by atoms with Gasteiger partial charge in [0.25, 0.3) is 0 Å². The van der Waals surface area contributed by atoms with E-state index in [4.69, 9.17) is 18.3 Å². The van der Waals surface area contributed by atoms with Gasteiger partial charge in [-0.25, -0.2) is 0 Å². The maximum absolute atomic E-state index is 11.2. The highest BCUT2D eigenvalue weighted by Gasteiger charge is 2.31. The number of esters is 2. The van der Waals surface area contributed by atoms with E-state index in [9.17, 15) is 9.59 Å². The average Bonchev–Trinajstić information content (AvgIpc) is 2.73. The van der Waals surface area contributed by atoms with Gasteiger partial charge in [-0.2, -0.15) is 0 Å². The zero-order valence-electron chi connectivity index (χ0n) is 23.5. The minimum absolute atomic E-state index is 0.113. The second-order valence-electron chi connectivity index (χ2n) is 11.3. The molecule has 0 N–H and O–H groups in total. The first kappa shape index (κ1) is 33.3. The number of hydrogen-bond donors (Lipinski definition) is 0. The fourth-order valence-corrected chi connectivity index (χ4v) is 6.40. The maximum Gasteiger partial charge on any atom is 0.305 e. The third kappa shape index (κ3) is 20.6. The van der Waals surface area contributed by atoms with Crippen LogP contribution in [0.3, 0.4) is 0 Å². The van der Waals surface area contributed by atoms with Gasteiger partial charge in [-0.1, -0.05) is 51.4 Å². The lowest BCUT2D eigenvalue weighted by Crippen LogP contribution is -2.44. The first-order valence-electron chi connectivity index (χ1n) is 13.4. The minimum Gasteiger partial charge on any atom is -0.469 e. The van der Waals surface area contributed by atoms with Crippen LogP contribution in [0.1, 0.15) is 89.9 Å². The van der Waals surface area contributed by atoms with Gasteiger partial charge in [-0.05, 0) is 65.0 Å². The van der Waals surface area contributed by atoms with Crippen LogP contribution in [0.15, 0.2) is 0 Å². The number of rotatable bonds is 21. The predicted molar refractivity (Wildman–Crippen MR) is 145 cm³/mol. The molecule has 0 bridgehead atoms. The normalized spacial score (nSPS) is 14.0. The van der Waals surface area contributed by atoms with Gasteiger partial charge in [0.1, 0.15) is 0 Å². The van der Waals surface area contributed by atoms with Crippen LogP contribution in [0, 0.1) is 0 Å². The molecule has 0 heterocycles. The number of carbonyl (C=O) groups excluding carboxylic acids is 2. The van der Waals surface area contributed by atoms with Crippen LogP contribution in [0.4, 0.5) is 0 Å². The van der Waals surface area contributed by atoms with E-state index in [1.54, 1.807) is 0 Å². The molecule has 0 amide bonds. The summed E-state index contributed by atoms with van der Waals surface area (Å²) in [6.07, 6.45) is 14.2. The Kier molecular flexibility index (Phi) is 18.2. The van der Waals surface area contributed by atoms with Crippen LogP contribution in [-0.4, -0.2) is 55.0 Å². The summed E-state index contributed by atoms with van der Waals surface area (Å²) in [5.41, 5.74) is 0. The number of ether oxygens (including phenoxy) is 2. The van der Waals surface area contributed by atoms with Gasteiger partial charge < -0.3 is 18.3 Å². The van der Waals surface area contributed by atoms with Gasteiger partial charge in [0.15, 0.2) is 16.6 Å². The number of unbranched alkanes of at least 4 members (excludes halogenated alkanes) is 8. The largest absolute Gasteiger partial charge is 0.469 e. The van der Waals surface area contributed by atoms with Crippen molar-refractivity contribution in [3.63, 3.8) is 0 Å². The molecular weight excluding hydrogens is 464 g/mol. The molecule has 0 radical (unpaired) electrons. The molecule has 0 rings (SSSR count). The molecule has 0 aromatic heterocycles. The standard InChI is InChI=1S/C26H54O6Si2/c1-29-25(27)21-17-13-9-11-15-19-23(31-33(3,4)5)24(32-34(6,7)8)20-16-12-10-14-18-22-26(28)30-2/h23-24H,9-22H2,1-8H3/t23-,24-/m0/s1. The van der Waals surface area contributed by atoms with E-state index in [1.807, 2.05) is 0 Å². The Morgan fingerprint density at radius 3 is 1.12 bits per heavy atom. The van der Waals surface area contributed by atoms with E-state index in [-0.39, 0.29) is 24.1 Å². The van der Waals surface area contributed by atoms with Crippen molar-refractivity contribution in [3.05, 3.63) is 0 Å². The Balaban J connectivity index is 4.66. The fraction of sp³-hybridized carbons (Fsp3) is 0.923. The minimum atomic E-state index is -1.70. The van der Waals surface area contributed by atoms with Crippen LogP contribution >= 0.6 is 0 Å². The molecule has 34 heavy (non-hydrogen) atoms. The smallest absolute Gasteiger partial charge is 0.305 e. The molecular formula is C26H54O6Si2. The highest BCUT2D eigenvalue weighted by atomic mass is 28.4. The highest BCUT2D eigenvalue weighted by molar-refractivity contribution is 6.70. The first-order valence-corrected chi connectivity index (χ1v) is 20.2. The Morgan fingerprint density at radius 2 is 0.824 bits per heavy atom. The van der Waals surface area contributed by atoms with Crippen molar-refractivity contribution in [1.82, 2.24) is 0 Å². The van der Waals surface area contributed by atoms with E-state index in [0.29, 0.717) is 12.8 Å². The van der Waals surface area contributed by atoms with E-state index in [1.165, 1.54) is 14.2 Å². The Bertz CT molecular complexity index is 494. The molecule has 2 atom stereocenters. The lowest BCUT2D eigenvalue weighted by molar-refractivity contribution is -0.141. The summed E-state index contributed by atoms with van der Waals surface area (Å²) in [5.74, 6) is -0.225. The predicted octanol–water partition coefficient (Wildman–Crippen LogP) is 7.23. The molecule has 0 spiro atoms. The van der Waals surface area contributed by atoms with Gasteiger partial charge in [0.2, 0.25) is 0 Å². The van der Waals surface area contributed by atoms with Gasteiger partial charge in [-0.15, -0.1) is 0 Å². The van der Waals surface area contributed by atoms with Crippen molar-refractivity contribution < 1.29 is 27.9 Å². The van der Waals surface area contributed by atoms with Gasteiger partial charge in [0, 0.05) is 12.8 Å². The third-order valence-electron chi connectivity index (χ3n) is 5.62. The summed E-state index contributed by atoms with van der Waals surface area (Å²) in [7, 11) is -0.493. The van der Waals surface area contributed by atoms with E-state index in [2.05, 4.69) is 39.3 Å². The maximum atomic E-state index is 11.2. The van der Waals surface area contributed by atoms with Crippen LogP contribution in [0.5, 0.6) is 0 Å². The molecule has 0 unspecified atom stereocenters. The van der Waals surface area contributed by atoms with Crippen molar-refractivity contribution in [2.75, 3.05) is 14.2 Å². The molecule has 8 heteroatoms. The molecule has 0 aromatic carbocycles. The number of hydrogen-bond acceptors (Lipinski definition) is 6. The van der Waals surface area contributed by atoms with Crippen molar-refractivity contribution in [2.45, 2.75) is 141 Å². The molecule has 6 nitrogen and oxygen atoms in total. The third-order valence-corrected chi connectivity index (χ3v) is 7.64. The van der Waals surface area contributed by atoms with E-state index in [0.717, 1.165) is 77.0 Å². The summed E-state index contributed by atoms with van der Waals surface area (Å²) >= 11 is 0. The first-order chi connectivity index (χ1) is 15.9. The molecule has 0 aromatic rings. The summed E-state index contributed by atoms with van der Waals surface area (Å²) in [4.78, 5) is 22.5. The monoisotopic (exact) mass is 518 g/mol. The number of methoxy groups -OCH3 is 2. The van der Waals surface area contributed by atoms with Gasteiger partial charge in [0.05, 0.1) is 26.4 Å². The molecule has 0 saturated heterocycles. The molecule has 202 valence electrons. The summed E-state index contributed by atoms with van der Waals surface area (Å²) in [6, 6.07) is 0. The fourth-order valence-electron chi connectivity index (χ4n) is 4.04. The zero-order chi connectivity index (χ0) is 26.0. The van der Waals surface area contributed by atoms with Gasteiger partial charge >= 0.3 is 11.9 Å². The quantitative estimate of drug-likeness (QED) is 0.0906. The number of carbonyl (C=O) groups is 2. The average molecular weight is 519 g/mol. The SMILES string of the molecule is COC(=O)CCCCCCC[C@H](O[Si](C)(C)C)[C@H](CCCCCCCC(=O)OC)O[Si](C)(C)C. The molecule has 0 aliphatic rings. The van der Waals surface area contributed by atoms with Crippen LogP contribution in [0.2, 0.25) is 39.3 Å². The summed E-state index contributed by atoms with van der Waals surface area (Å²) in [6.45, 7) is 13.6. The Labute approximate surface area is 212 Å². The topological polar surface area (TPSA) is 71.1 Å². The molecule has 0 aliphatic heterocycles. The second kappa shape index (κ2) is 18.5. The van der Waals surface area contributed by atoms with Crippen LogP contribution < -0.4 is 0 Å². The molecule has 0 saturated carbocycles. The second-order valence-corrected chi connectivity index (χ2v) is 20.2. The van der Waals surface area contributed by atoms with Crippen LogP contribution in [0.25, 0.3) is 0 Å². The van der Waals surface area contributed by atoms with E-state index >= 15 is 0 Å². The van der Waals surface area contributed by atoms with Crippen molar-refractivity contribution >= 4 is 28.6 Å². The van der Waals surface area contributed by atoms with E-state index < -0.39 is 16.6 Å². The lowest BCUT2D eigenvalue weighted by Gasteiger charge is -2.36. The molecule has 0 fully saturated rings. The molecule has 0 aliphatic carbocycles. The highest BCUT2D eigenvalue weighted by Crippen LogP contribution is 2.25. The zero-order valence-corrected chi connectivity index (χ0v) is 25.5. The van der Waals surface area contributed by atoms with Gasteiger partial charge in [-0.3, -0.25) is 9.59 Å². The van der Waals surface area contributed by atoms with Crippen molar-refractivity contribution in [3.8, 4) is 0 Å². The van der Waals surface area contributed by atoms with Crippen molar-refractivity contribution in [2.24, 2.45) is 0 Å². The summed E-state index contributed by atoms with van der Waals surface area (Å²) in [5, 5.41) is 0. The summed E-state index contributed by atoms with van der Waals surface area (Å²) < 4.78 is 22.8.